The van der Waals surface area contributed by atoms with Crippen molar-refractivity contribution in [2.75, 3.05) is 0 Å². The molecule has 0 radical (unpaired) electrons. The van der Waals surface area contributed by atoms with Gasteiger partial charge in [-0.25, -0.2) is 0 Å². The van der Waals surface area contributed by atoms with Gasteiger partial charge in [-0.05, 0) is 48.9 Å². The molecule has 3 rings (SSSR count). The highest BCUT2D eigenvalue weighted by molar-refractivity contribution is 5.84. The van der Waals surface area contributed by atoms with Gasteiger partial charge in [0.1, 0.15) is 5.78 Å². The minimum Gasteiger partial charge on any atom is -0.299 e. The fourth-order valence-electron chi connectivity index (χ4n) is 3.42. The number of rotatable bonds is 5. The molecule has 3 aliphatic carbocycles. The Labute approximate surface area is 152 Å². The standard InChI is InChI=1S/2C8H16.C7H12O/c1-8(2,3)6-7-4-5-7;1-7(2)6-8-4-3-5-8;1-5(2)7(8)6-3-4-6/h7H,4-6H2,1-3H3;7-8H,3-6H2,1-2H3;5-6H,3-4H2,1-2H3. The molecule has 0 N–H and O–H groups in total. The lowest BCUT2D eigenvalue weighted by Gasteiger charge is -2.26. The van der Waals surface area contributed by atoms with Gasteiger partial charge in [0.15, 0.2) is 0 Å². The number of carbonyl (C=O) groups is 1. The Hall–Kier alpha value is -0.330. The summed E-state index contributed by atoms with van der Waals surface area (Å²) in [5, 5.41) is 0. The summed E-state index contributed by atoms with van der Waals surface area (Å²) in [4.78, 5) is 10.9. The fourth-order valence-corrected chi connectivity index (χ4v) is 3.42. The highest BCUT2D eigenvalue weighted by atomic mass is 16.1. The zero-order chi connectivity index (χ0) is 18.3. The van der Waals surface area contributed by atoms with Gasteiger partial charge in [-0.2, -0.15) is 0 Å². The SMILES string of the molecule is CC(C)(C)CC1CC1.CC(C)C(=O)C1CC1.CC(C)CC1CCC1. The van der Waals surface area contributed by atoms with E-state index in [1.165, 1.54) is 44.9 Å². The zero-order valence-corrected chi connectivity index (χ0v) is 17.7. The second-order valence-corrected chi connectivity index (χ2v) is 10.5. The summed E-state index contributed by atoms with van der Waals surface area (Å²) >= 11 is 0. The Kier molecular flexibility index (Phi) is 9.02. The van der Waals surface area contributed by atoms with E-state index in [9.17, 15) is 4.79 Å². The molecule has 0 unspecified atom stereocenters. The lowest BCUT2D eigenvalue weighted by Crippen LogP contribution is -2.12. The Balaban J connectivity index is 0.000000180. The molecule has 3 fully saturated rings. The Morgan fingerprint density at radius 3 is 1.54 bits per heavy atom. The Morgan fingerprint density at radius 1 is 0.875 bits per heavy atom. The van der Waals surface area contributed by atoms with Gasteiger partial charge in [0.25, 0.3) is 0 Å². The topological polar surface area (TPSA) is 17.1 Å². The number of carbonyl (C=O) groups excluding carboxylic acids is 1. The van der Waals surface area contributed by atoms with Crippen molar-refractivity contribution in [3.8, 4) is 0 Å². The summed E-state index contributed by atoms with van der Waals surface area (Å²) in [7, 11) is 0. The van der Waals surface area contributed by atoms with Crippen LogP contribution in [0.2, 0.25) is 0 Å². The molecule has 142 valence electrons. The van der Waals surface area contributed by atoms with Crippen LogP contribution in [0.3, 0.4) is 0 Å². The average molecular weight is 337 g/mol. The lowest BCUT2D eigenvalue weighted by molar-refractivity contribution is -0.123. The van der Waals surface area contributed by atoms with Crippen molar-refractivity contribution in [1.29, 1.82) is 0 Å². The van der Waals surface area contributed by atoms with Crippen molar-refractivity contribution in [2.24, 2.45) is 35.0 Å². The fraction of sp³-hybridized carbons (Fsp3) is 0.957. The van der Waals surface area contributed by atoms with Crippen molar-refractivity contribution in [1.82, 2.24) is 0 Å². The van der Waals surface area contributed by atoms with E-state index in [2.05, 4.69) is 34.6 Å². The minimum atomic E-state index is 0.266. The summed E-state index contributed by atoms with van der Waals surface area (Å²) in [6.07, 6.45) is 12.7. The second-order valence-electron chi connectivity index (χ2n) is 10.5. The zero-order valence-electron chi connectivity index (χ0n) is 17.7. The quantitative estimate of drug-likeness (QED) is 0.515. The molecular weight excluding hydrogens is 292 g/mol. The van der Waals surface area contributed by atoms with Crippen molar-refractivity contribution in [3.05, 3.63) is 0 Å². The maximum atomic E-state index is 10.9. The molecule has 0 heterocycles. The number of hydrogen-bond donors (Lipinski definition) is 0. The van der Waals surface area contributed by atoms with E-state index in [-0.39, 0.29) is 5.92 Å². The maximum absolute atomic E-state index is 10.9. The van der Waals surface area contributed by atoms with Crippen LogP contribution < -0.4 is 0 Å². The first-order valence-electron chi connectivity index (χ1n) is 10.6. The molecule has 0 aromatic heterocycles. The number of Topliss-reactive ketones (excluding diaryl/α,β-unsaturated/α-hetero) is 1. The predicted octanol–water partition coefficient (Wildman–Crippen LogP) is 7.29. The van der Waals surface area contributed by atoms with Crippen LogP contribution in [0, 0.1) is 35.0 Å². The van der Waals surface area contributed by atoms with Crippen LogP contribution in [0.25, 0.3) is 0 Å². The summed E-state index contributed by atoms with van der Waals surface area (Å²) in [6.45, 7) is 15.6. The molecule has 0 bridgehead atoms. The molecule has 0 aromatic carbocycles. The Bertz CT molecular complexity index is 345. The van der Waals surface area contributed by atoms with Crippen LogP contribution in [-0.2, 0) is 4.79 Å². The van der Waals surface area contributed by atoms with E-state index in [0.29, 0.717) is 17.1 Å². The third-order valence-corrected chi connectivity index (χ3v) is 5.18. The van der Waals surface area contributed by atoms with Gasteiger partial charge in [0.05, 0.1) is 0 Å². The molecule has 0 atom stereocenters. The van der Waals surface area contributed by atoms with E-state index in [4.69, 9.17) is 0 Å². The van der Waals surface area contributed by atoms with E-state index in [0.717, 1.165) is 30.6 Å². The van der Waals surface area contributed by atoms with Crippen LogP contribution in [0.5, 0.6) is 0 Å². The van der Waals surface area contributed by atoms with Crippen molar-refractivity contribution < 1.29 is 4.79 Å². The van der Waals surface area contributed by atoms with Gasteiger partial charge in [-0.3, -0.25) is 4.79 Å². The smallest absolute Gasteiger partial charge is 0.138 e. The molecule has 3 saturated carbocycles. The summed E-state index contributed by atoms with van der Waals surface area (Å²) < 4.78 is 0. The van der Waals surface area contributed by atoms with Gasteiger partial charge in [-0.1, -0.05) is 80.6 Å². The first-order chi connectivity index (χ1) is 11.1. The van der Waals surface area contributed by atoms with Crippen LogP contribution in [-0.4, -0.2) is 5.78 Å². The van der Waals surface area contributed by atoms with E-state index >= 15 is 0 Å². The largest absolute Gasteiger partial charge is 0.299 e. The molecule has 0 aromatic rings. The van der Waals surface area contributed by atoms with Gasteiger partial charge in [0.2, 0.25) is 0 Å². The molecule has 0 spiro atoms. The third kappa shape index (κ3) is 11.3. The first-order valence-corrected chi connectivity index (χ1v) is 10.6. The van der Waals surface area contributed by atoms with Crippen LogP contribution in [0.15, 0.2) is 0 Å². The summed E-state index contributed by atoms with van der Waals surface area (Å²) in [6, 6.07) is 0. The van der Waals surface area contributed by atoms with Gasteiger partial charge < -0.3 is 0 Å². The normalized spacial score (nSPS) is 20.7. The van der Waals surface area contributed by atoms with Crippen LogP contribution in [0.1, 0.15) is 106 Å². The lowest BCUT2D eigenvalue weighted by atomic mass is 9.80. The van der Waals surface area contributed by atoms with E-state index < -0.39 is 0 Å². The molecule has 0 amide bonds. The van der Waals surface area contributed by atoms with Crippen molar-refractivity contribution in [3.63, 3.8) is 0 Å². The predicted molar refractivity (Wildman–Crippen MR) is 106 cm³/mol. The summed E-state index contributed by atoms with van der Waals surface area (Å²) in [5.41, 5.74) is 0.584. The van der Waals surface area contributed by atoms with Gasteiger partial charge >= 0.3 is 0 Å². The molecule has 24 heavy (non-hydrogen) atoms. The molecule has 1 nitrogen and oxygen atoms in total. The van der Waals surface area contributed by atoms with Gasteiger partial charge in [-0.15, -0.1) is 0 Å². The number of ketones is 1. The Morgan fingerprint density at radius 2 is 1.42 bits per heavy atom. The molecular formula is C23H44O. The summed E-state index contributed by atoms with van der Waals surface area (Å²) in [5.74, 6) is 4.31. The molecule has 1 heteroatoms. The molecule has 3 aliphatic rings. The van der Waals surface area contributed by atoms with Crippen LogP contribution in [0.4, 0.5) is 0 Å². The van der Waals surface area contributed by atoms with E-state index in [1.807, 2.05) is 13.8 Å². The van der Waals surface area contributed by atoms with E-state index in [1.54, 1.807) is 0 Å². The highest BCUT2D eigenvalue weighted by Crippen LogP contribution is 2.39. The van der Waals surface area contributed by atoms with Crippen LogP contribution >= 0.6 is 0 Å². The average Bonchev–Trinajstić information content (AvgIpc) is 3.26. The van der Waals surface area contributed by atoms with Crippen molar-refractivity contribution in [2.45, 2.75) is 106 Å². The maximum Gasteiger partial charge on any atom is 0.138 e. The number of hydrogen-bond acceptors (Lipinski definition) is 1. The second kappa shape index (κ2) is 9.97. The highest BCUT2D eigenvalue weighted by Gasteiger charge is 2.30. The minimum absolute atomic E-state index is 0.266. The third-order valence-electron chi connectivity index (χ3n) is 5.18. The van der Waals surface area contributed by atoms with Gasteiger partial charge in [0, 0.05) is 11.8 Å². The molecule has 0 aliphatic heterocycles. The first kappa shape index (κ1) is 21.7. The van der Waals surface area contributed by atoms with Crippen molar-refractivity contribution >= 4 is 5.78 Å². The molecule has 0 saturated heterocycles. The monoisotopic (exact) mass is 336 g/mol.